The number of hydrogen-bond donors (Lipinski definition) is 0. The third kappa shape index (κ3) is 2.68. The maximum absolute atomic E-state index is 12.9. The summed E-state index contributed by atoms with van der Waals surface area (Å²) in [7, 11) is 0. The van der Waals surface area contributed by atoms with Gasteiger partial charge < -0.3 is 4.40 Å². The number of imidazole rings is 1. The number of halogens is 4. The number of hydrogen-bond acceptors (Lipinski definition) is 1. The minimum absolute atomic E-state index is 0. The molecule has 0 spiro atoms. The minimum Gasteiger partial charge on any atom is -0.304 e. The Morgan fingerprint density at radius 3 is 2.42 bits per heavy atom. The first kappa shape index (κ1) is 14.1. The van der Waals surface area contributed by atoms with Crippen LogP contribution in [0.2, 0.25) is 10.0 Å². The van der Waals surface area contributed by atoms with Crippen molar-refractivity contribution in [1.82, 2.24) is 9.38 Å². The van der Waals surface area contributed by atoms with Gasteiger partial charge in [0, 0.05) is 18.0 Å². The van der Waals surface area contributed by atoms with Crippen LogP contribution < -0.4 is 0 Å². The van der Waals surface area contributed by atoms with Crippen LogP contribution in [0.25, 0.3) is 16.9 Å². The lowest BCUT2D eigenvalue weighted by Gasteiger charge is -1.95. The Morgan fingerprint density at radius 2 is 1.74 bits per heavy atom. The molecule has 0 aliphatic carbocycles. The molecule has 2 heterocycles. The number of nitrogens with zero attached hydrogens (tertiary/aromatic N) is 2. The van der Waals surface area contributed by atoms with E-state index in [4.69, 9.17) is 23.2 Å². The van der Waals surface area contributed by atoms with Gasteiger partial charge in [-0.15, -0.1) is 12.4 Å². The van der Waals surface area contributed by atoms with Crippen molar-refractivity contribution in [2.45, 2.75) is 0 Å². The minimum atomic E-state index is -0.274. The van der Waals surface area contributed by atoms with Gasteiger partial charge in [0.25, 0.3) is 0 Å². The van der Waals surface area contributed by atoms with E-state index in [1.807, 2.05) is 0 Å². The Hall–Kier alpha value is -1.29. The SMILES string of the molecule is Cl.Fc1ccc(-c2cn3cc(Cl)cc(Cl)c3n2)cc1. The number of benzene rings is 1. The Labute approximate surface area is 125 Å². The molecule has 0 N–H and O–H groups in total. The molecule has 0 radical (unpaired) electrons. The molecule has 1 aromatic carbocycles. The van der Waals surface area contributed by atoms with E-state index in [1.165, 1.54) is 12.1 Å². The second-order valence-electron chi connectivity index (χ2n) is 3.87. The lowest BCUT2D eigenvalue weighted by atomic mass is 10.2. The summed E-state index contributed by atoms with van der Waals surface area (Å²) in [4.78, 5) is 4.40. The van der Waals surface area contributed by atoms with Gasteiger partial charge in [-0.05, 0) is 30.3 Å². The normalized spacial score (nSPS) is 10.5. The van der Waals surface area contributed by atoms with Gasteiger partial charge in [0.05, 0.1) is 15.7 Å². The average Bonchev–Trinajstić information content (AvgIpc) is 2.74. The maximum Gasteiger partial charge on any atom is 0.156 e. The second-order valence-corrected chi connectivity index (χ2v) is 4.71. The first-order valence-corrected chi connectivity index (χ1v) is 5.99. The molecule has 98 valence electrons. The summed E-state index contributed by atoms with van der Waals surface area (Å²) in [6.07, 6.45) is 3.53. The number of pyridine rings is 1. The molecule has 6 heteroatoms. The summed E-state index contributed by atoms with van der Waals surface area (Å²) < 4.78 is 14.6. The van der Waals surface area contributed by atoms with Gasteiger partial charge in [0.15, 0.2) is 5.65 Å². The Morgan fingerprint density at radius 1 is 1.05 bits per heavy atom. The Balaban J connectivity index is 0.00000133. The monoisotopic (exact) mass is 316 g/mol. The van der Waals surface area contributed by atoms with Crippen LogP contribution in [0.5, 0.6) is 0 Å². The average molecular weight is 318 g/mol. The van der Waals surface area contributed by atoms with E-state index in [2.05, 4.69) is 4.98 Å². The maximum atomic E-state index is 12.9. The molecule has 3 aromatic rings. The van der Waals surface area contributed by atoms with Crippen LogP contribution in [0.15, 0.2) is 42.7 Å². The first-order valence-electron chi connectivity index (χ1n) is 5.23. The fourth-order valence-electron chi connectivity index (χ4n) is 1.78. The van der Waals surface area contributed by atoms with Crippen molar-refractivity contribution < 1.29 is 4.39 Å². The predicted molar refractivity (Wildman–Crippen MR) is 77.9 cm³/mol. The quantitative estimate of drug-likeness (QED) is 0.626. The van der Waals surface area contributed by atoms with Crippen molar-refractivity contribution in [2.24, 2.45) is 0 Å². The van der Waals surface area contributed by atoms with Crippen molar-refractivity contribution in [2.75, 3.05) is 0 Å². The molecule has 0 saturated heterocycles. The number of fused-ring (bicyclic) bond motifs is 1. The Bertz CT molecular complexity index is 723. The molecule has 2 aromatic heterocycles. The molecule has 0 atom stereocenters. The topological polar surface area (TPSA) is 17.3 Å². The van der Waals surface area contributed by atoms with Gasteiger partial charge in [-0.2, -0.15) is 0 Å². The fraction of sp³-hybridized carbons (Fsp3) is 0. The predicted octanol–water partition coefficient (Wildman–Crippen LogP) is 4.87. The lowest BCUT2D eigenvalue weighted by Crippen LogP contribution is -1.82. The van der Waals surface area contributed by atoms with Crippen molar-refractivity contribution >= 4 is 41.3 Å². The lowest BCUT2D eigenvalue weighted by molar-refractivity contribution is 0.628. The molecule has 0 saturated carbocycles. The molecule has 0 fully saturated rings. The van der Waals surface area contributed by atoms with Crippen LogP contribution in [0.1, 0.15) is 0 Å². The van der Waals surface area contributed by atoms with Crippen LogP contribution >= 0.6 is 35.6 Å². The molecular formula is C13H8Cl3FN2. The third-order valence-corrected chi connectivity index (χ3v) is 3.10. The summed E-state index contributed by atoms with van der Waals surface area (Å²) in [6, 6.07) is 7.78. The zero-order valence-corrected chi connectivity index (χ0v) is 11.8. The van der Waals surface area contributed by atoms with E-state index >= 15 is 0 Å². The summed E-state index contributed by atoms with van der Waals surface area (Å²) in [5, 5.41) is 1.02. The van der Waals surface area contributed by atoms with E-state index in [-0.39, 0.29) is 18.2 Å². The first-order chi connectivity index (χ1) is 8.63. The number of rotatable bonds is 1. The van der Waals surface area contributed by atoms with Crippen LogP contribution in [0, 0.1) is 5.82 Å². The highest BCUT2D eigenvalue weighted by atomic mass is 35.5. The molecule has 0 aliphatic rings. The van der Waals surface area contributed by atoms with Gasteiger partial charge >= 0.3 is 0 Å². The van der Waals surface area contributed by atoms with Crippen molar-refractivity contribution in [1.29, 1.82) is 0 Å². The highest BCUT2D eigenvalue weighted by Gasteiger charge is 2.08. The van der Waals surface area contributed by atoms with E-state index in [0.717, 1.165) is 11.3 Å². The standard InChI is InChI=1S/C13H7Cl2FN2.ClH/c14-9-5-11(15)13-17-12(7-18(13)6-9)8-1-3-10(16)4-2-8;/h1-7H;1H. The molecule has 3 rings (SSSR count). The molecule has 2 nitrogen and oxygen atoms in total. The molecule has 0 aliphatic heterocycles. The third-order valence-electron chi connectivity index (χ3n) is 2.61. The molecular weight excluding hydrogens is 310 g/mol. The van der Waals surface area contributed by atoms with Crippen molar-refractivity contribution in [3.63, 3.8) is 0 Å². The highest BCUT2D eigenvalue weighted by Crippen LogP contribution is 2.25. The summed E-state index contributed by atoms with van der Waals surface area (Å²) in [6.45, 7) is 0. The van der Waals surface area contributed by atoms with E-state index in [9.17, 15) is 4.39 Å². The van der Waals surface area contributed by atoms with Crippen LogP contribution in [0.3, 0.4) is 0 Å². The highest BCUT2D eigenvalue weighted by molar-refractivity contribution is 6.36. The number of aromatic nitrogens is 2. The molecule has 19 heavy (non-hydrogen) atoms. The fourth-order valence-corrected chi connectivity index (χ4v) is 2.31. The van der Waals surface area contributed by atoms with Crippen LogP contribution in [0.4, 0.5) is 4.39 Å². The zero-order valence-electron chi connectivity index (χ0n) is 9.48. The smallest absolute Gasteiger partial charge is 0.156 e. The van der Waals surface area contributed by atoms with Gasteiger partial charge in [0.1, 0.15) is 5.82 Å². The van der Waals surface area contributed by atoms with Gasteiger partial charge in [-0.3, -0.25) is 0 Å². The van der Waals surface area contributed by atoms with E-state index < -0.39 is 0 Å². The molecule has 0 amide bonds. The molecule has 0 bridgehead atoms. The Kier molecular flexibility index (Phi) is 3.99. The summed E-state index contributed by atoms with van der Waals surface area (Å²) in [5.41, 5.74) is 2.17. The van der Waals surface area contributed by atoms with E-state index in [1.54, 1.807) is 35.0 Å². The summed E-state index contributed by atoms with van der Waals surface area (Å²) >= 11 is 12.0. The van der Waals surface area contributed by atoms with Crippen LogP contribution in [-0.4, -0.2) is 9.38 Å². The second kappa shape index (κ2) is 5.37. The van der Waals surface area contributed by atoms with Gasteiger partial charge in [0.2, 0.25) is 0 Å². The summed E-state index contributed by atoms with van der Waals surface area (Å²) in [5.74, 6) is -0.274. The van der Waals surface area contributed by atoms with E-state index in [0.29, 0.717) is 15.7 Å². The largest absolute Gasteiger partial charge is 0.304 e. The zero-order chi connectivity index (χ0) is 12.7. The van der Waals surface area contributed by atoms with Gasteiger partial charge in [-0.1, -0.05) is 23.2 Å². The molecule has 0 unspecified atom stereocenters. The van der Waals surface area contributed by atoms with Crippen molar-refractivity contribution in [3.05, 3.63) is 58.6 Å². The van der Waals surface area contributed by atoms with Crippen LogP contribution in [-0.2, 0) is 0 Å². The van der Waals surface area contributed by atoms with Crippen molar-refractivity contribution in [3.8, 4) is 11.3 Å². The van der Waals surface area contributed by atoms with Gasteiger partial charge in [-0.25, -0.2) is 9.37 Å².